The first-order valence-corrected chi connectivity index (χ1v) is 14.7. The number of carbonyl (C=O) groups is 1. The number of hydrogen-bond acceptors (Lipinski definition) is 3. The van der Waals surface area contributed by atoms with Gasteiger partial charge in [0.1, 0.15) is 0 Å². The number of aromatic nitrogens is 4. The number of aryl methyl sites for hydroxylation is 4. The van der Waals surface area contributed by atoms with Crippen molar-refractivity contribution < 1.29 is 9.90 Å². The standard InChI is InChI=1S/C35H40N4O2/c1-9-22-19(6)28-16-32-24(11-3)21(8)34(39-32)26(13-14-33(40)41)35-25(12-4)20(7)29(38-35)17-31-23(10-2)18(5)27(36-31)15-30(22)37-28/h13-17,36-37H,9-12H2,1-8H3,(H,40,41)/b14-13+,27-15?,28-16?,29-17?,30-15?,31-17?,32-16?,34-26?,35-26?. The first-order chi connectivity index (χ1) is 19.6. The fourth-order valence-electron chi connectivity index (χ4n) is 6.48. The third-order valence-electron chi connectivity index (χ3n) is 8.77. The molecule has 0 aliphatic carbocycles. The Morgan fingerprint density at radius 3 is 1.80 bits per heavy atom. The maximum Gasteiger partial charge on any atom is 0.328 e. The molecule has 0 fully saturated rings. The van der Waals surface area contributed by atoms with E-state index in [1.165, 1.54) is 28.3 Å². The number of aliphatic carboxylic acids is 1. The van der Waals surface area contributed by atoms with E-state index in [-0.39, 0.29) is 0 Å². The Kier molecular flexibility index (Phi) is 7.60. The average Bonchev–Trinajstić information content (AvgIpc) is 3.61. The van der Waals surface area contributed by atoms with E-state index >= 15 is 0 Å². The van der Waals surface area contributed by atoms with E-state index in [9.17, 15) is 9.90 Å². The van der Waals surface area contributed by atoms with Gasteiger partial charge in [-0.15, -0.1) is 0 Å². The van der Waals surface area contributed by atoms with Crippen molar-refractivity contribution in [1.82, 2.24) is 19.9 Å². The van der Waals surface area contributed by atoms with Gasteiger partial charge >= 0.3 is 5.97 Å². The number of aromatic amines is 2. The number of carboxylic acids is 1. The Labute approximate surface area is 242 Å². The van der Waals surface area contributed by atoms with Crippen LogP contribution in [0.25, 0.3) is 50.4 Å². The lowest BCUT2D eigenvalue weighted by atomic mass is 9.96. The summed E-state index contributed by atoms with van der Waals surface area (Å²) in [6, 6.07) is 6.55. The highest BCUT2D eigenvalue weighted by molar-refractivity contribution is 6.00. The van der Waals surface area contributed by atoms with Crippen molar-refractivity contribution in [2.75, 3.05) is 0 Å². The molecule has 0 atom stereocenters. The molecule has 0 aromatic carbocycles. The maximum atomic E-state index is 11.7. The molecule has 212 valence electrons. The number of nitrogens with one attached hydrogen (secondary N) is 2. The van der Waals surface area contributed by atoms with Gasteiger partial charge in [-0.3, -0.25) is 0 Å². The van der Waals surface area contributed by atoms with Gasteiger partial charge in [-0.2, -0.15) is 0 Å². The van der Waals surface area contributed by atoms with Crippen molar-refractivity contribution in [2.45, 2.75) is 81.1 Å². The molecule has 0 amide bonds. The number of hydrogen-bond donors (Lipinski definition) is 3. The monoisotopic (exact) mass is 548 g/mol. The molecule has 0 unspecified atom stereocenters. The van der Waals surface area contributed by atoms with Crippen LogP contribution >= 0.6 is 0 Å². The van der Waals surface area contributed by atoms with Crippen LogP contribution < -0.4 is 0 Å². The summed E-state index contributed by atoms with van der Waals surface area (Å²) in [5, 5.41) is 9.59. The van der Waals surface area contributed by atoms with E-state index < -0.39 is 5.97 Å². The smallest absolute Gasteiger partial charge is 0.328 e. The fraction of sp³-hybridized carbons (Fsp3) is 0.343. The Bertz CT molecular complexity index is 1840. The molecular weight excluding hydrogens is 508 g/mol. The summed E-state index contributed by atoms with van der Waals surface area (Å²) in [4.78, 5) is 29.4. The second-order valence-corrected chi connectivity index (χ2v) is 10.9. The van der Waals surface area contributed by atoms with E-state index in [0.29, 0.717) is 0 Å². The highest BCUT2D eigenvalue weighted by Crippen LogP contribution is 2.40. The molecule has 3 aromatic rings. The zero-order valence-corrected chi connectivity index (χ0v) is 25.5. The molecule has 3 aromatic heterocycles. The predicted molar refractivity (Wildman–Crippen MR) is 171 cm³/mol. The molecule has 0 saturated heterocycles. The number of nitrogens with zero attached hydrogens (tertiary/aromatic N) is 2. The number of H-pyrrole nitrogens is 2. The molecule has 2 aliphatic rings. The summed E-state index contributed by atoms with van der Waals surface area (Å²) in [6.07, 6.45) is 6.28. The van der Waals surface area contributed by atoms with Crippen LogP contribution in [0.2, 0.25) is 0 Å². The van der Waals surface area contributed by atoms with Crippen LogP contribution in [-0.4, -0.2) is 31.0 Å². The molecule has 6 heteroatoms. The summed E-state index contributed by atoms with van der Waals surface area (Å²) in [5.41, 5.74) is 17.9. The summed E-state index contributed by atoms with van der Waals surface area (Å²) in [5.74, 6) is -0.996. The van der Waals surface area contributed by atoms with E-state index in [0.717, 1.165) is 98.4 Å². The minimum atomic E-state index is -0.996. The molecule has 3 N–H and O–H groups in total. The Hall–Kier alpha value is -4.19. The van der Waals surface area contributed by atoms with Crippen molar-refractivity contribution in [3.8, 4) is 0 Å². The van der Waals surface area contributed by atoms with Crippen LogP contribution in [0.5, 0.6) is 0 Å². The van der Waals surface area contributed by atoms with Gasteiger partial charge in [0, 0.05) is 33.7 Å². The van der Waals surface area contributed by atoms with Crippen LogP contribution in [0.15, 0.2) is 24.3 Å². The fourth-order valence-corrected chi connectivity index (χ4v) is 6.48. The van der Waals surface area contributed by atoms with Gasteiger partial charge in [-0.1, -0.05) is 27.7 Å². The van der Waals surface area contributed by atoms with Gasteiger partial charge in [0.25, 0.3) is 0 Å². The Morgan fingerprint density at radius 1 is 0.707 bits per heavy atom. The Morgan fingerprint density at radius 2 is 1.24 bits per heavy atom. The topological polar surface area (TPSA) is 94.7 Å². The molecule has 0 saturated carbocycles. The van der Waals surface area contributed by atoms with Crippen molar-refractivity contribution in [3.05, 3.63) is 74.9 Å². The quantitative estimate of drug-likeness (QED) is 0.268. The van der Waals surface area contributed by atoms with E-state index in [1.807, 2.05) is 0 Å². The highest BCUT2D eigenvalue weighted by Gasteiger charge is 2.24. The molecule has 0 spiro atoms. The third-order valence-corrected chi connectivity index (χ3v) is 8.77. The number of carboxylic acid groups (broad SMARTS) is 1. The predicted octanol–water partition coefficient (Wildman–Crippen LogP) is 8.84. The zero-order chi connectivity index (χ0) is 29.6. The third kappa shape index (κ3) is 4.75. The van der Waals surface area contributed by atoms with Crippen LogP contribution in [-0.2, 0) is 17.6 Å². The molecule has 6 nitrogen and oxygen atoms in total. The summed E-state index contributed by atoms with van der Waals surface area (Å²) in [7, 11) is 0. The van der Waals surface area contributed by atoms with Gasteiger partial charge in [-0.05, 0) is 122 Å². The SMILES string of the molecule is CCC1=C(C)c2nc1cc1[nH]c(cc3[nH]c(cc4nc(c2/C=C/C(=O)O)C(CC)=C4C)c(CC)c3C)c(CC)c1C. The van der Waals surface area contributed by atoms with Crippen molar-refractivity contribution in [2.24, 2.45) is 0 Å². The minimum absolute atomic E-state index is 0.747. The van der Waals surface area contributed by atoms with Crippen molar-refractivity contribution >= 4 is 56.4 Å². The van der Waals surface area contributed by atoms with Crippen molar-refractivity contribution in [3.63, 3.8) is 0 Å². The van der Waals surface area contributed by atoms with E-state index in [2.05, 4.69) is 83.6 Å². The average molecular weight is 549 g/mol. The molecule has 5 rings (SSSR count). The number of fused-ring (bicyclic) bond motifs is 8. The van der Waals surface area contributed by atoms with Crippen LogP contribution in [0.4, 0.5) is 0 Å². The molecule has 0 radical (unpaired) electrons. The number of rotatable bonds is 6. The summed E-state index contributed by atoms with van der Waals surface area (Å²) in [6.45, 7) is 17.2. The van der Waals surface area contributed by atoms with Gasteiger partial charge in [0.05, 0.1) is 22.8 Å². The molecular formula is C35H40N4O2. The lowest BCUT2D eigenvalue weighted by Gasteiger charge is -2.07. The second kappa shape index (κ2) is 11.0. The van der Waals surface area contributed by atoms with Gasteiger partial charge in [-0.25, -0.2) is 14.8 Å². The molecule has 41 heavy (non-hydrogen) atoms. The maximum absolute atomic E-state index is 11.7. The zero-order valence-electron chi connectivity index (χ0n) is 25.5. The molecule has 8 bridgehead atoms. The largest absolute Gasteiger partial charge is 0.478 e. The normalized spacial score (nSPS) is 13.7. The van der Waals surface area contributed by atoms with Crippen LogP contribution in [0.3, 0.4) is 0 Å². The summed E-state index contributed by atoms with van der Waals surface area (Å²) >= 11 is 0. The van der Waals surface area contributed by atoms with Crippen LogP contribution in [0, 0.1) is 13.8 Å². The first kappa shape index (κ1) is 28.3. The van der Waals surface area contributed by atoms with E-state index in [4.69, 9.17) is 9.97 Å². The number of allylic oxidation sites excluding steroid dienone is 4. The lowest BCUT2D eigenvalue weighted by molar-refractivity contribution is -0.131. The van der Waals surface area contributed by atoms with Gasteiger partial charge in [0.15, 0.2) is 0 Å². The van der Waals surface area contributed by atoms with Crippen LogP contribution in [0.1, 0.15) is 105 Å². The first-order valence-electron chi connectivity index (χ1n) is 14.7. The van der Waals surface area contributed by atoms with E-state index in [1.54, 1.807) is 6.08 Å². The van der Waals surface area contributed by atoms with Gasteiger partial charge in [0.2, 0.25) is 0 Å². The summed E-state index contributed by atoms with van der Waals surface area (Å²) < 4.78 is 0. The minimum Gasteiger partial charge on any atom is -0.478 e. The Balaban J connectivity index is 2.07. The lowest BCUT2D eigenvalue weighted by Crippen LogP contribution is -1.94. The highest BCUT2D eigenvalue weighted by atomic mass is 16.4. The van der Waals surface area contributed by atoms with Crippen molar-refractivity contribution in [1.29, 1.82) is 0 Å². The second-order valence-electron chi connectivity index (χ2n) is 10.9. The van der Waals surface area contributed by atoms with Gasteiger partial charge < -0.3 is 15.1 Å². The molecule has 2 aliphatic heterocycles. The molecule has 5 heterocycles.